The molecule has 1 aliphatic rings. The van der Waals surface area contributed by atoms with Crippen LogP contribution >= 0.6 is 34.8 Å². The van der Waals surface area contributed by atoms with Crippen molar-refractivity contribution in [2.75, 3.05) is 10.8 Å². The van der Waals surface area contributed by atoms with Gasteiger partial charge in [0.05, 0.1) is 15.6 Å². The Morgan fingerprint density at radius 1 is 0.976 bits per heavy atom. The molecule has 0 aromatic heterocycles. The first-order chi connectivity index (χ1) is 19.5. The fourth-order valence-electron chi connectivity index (χ4n) is 4.70. The number of carbonyl (C=O) groups is 2. The number of rotatable bonds is 10. The van der Waals surface area contributed by atoms with Gasteiger partial charge in [0.15, 0.2) is 0 Å². The summed E-state index contributed by atoms with van der Waals surface area (Å²) < 4.78 is 42.4. The molecule has 0 radical (unpaired) electrons. The highest BCUT2D eigenvalue weighted by atomic mass is 35.5. The first-order valence-corrected chi connectivity index (χ1v) is 15.6. The average molecular weight is 641 g/mol. The summed E-state index contributed by atoms with van der Waals surface area (Å²) in [5, 5.41) is 3.38. The van der Waals surface area contributed by atoms with E-state index in [2.05, 4.69) is 5.32 Å². The second-order valence-electron chi connectivity index (χ2n) is 9.85. The van der Waals surface area contributed by atoms with E-state index in [1.165, 1.54) is 29.2 Å². The molecular formula is C29H29Cl3FN3O4S. The Bertz CT molecular complexity index is 1520. The Balaban J connectivity index is 1.71. The number of carbonyl (C=O) groups excluding carboxylic acids is 2. The van der Waals surface area contributed by atoms with Crippen molar-refractivity contribution < 1.29 is 22.4 Å². The number of amides is 2. The minimum absolute atomic E-state index is 0.0114. The van der Waals surface area contributed by atoms with E-state index in [0.717, 1.165) is 42.1 Å². The Labute approximate surface area is 254 Å². The fourth-order valence-corrected chi connectivity index (χ4v) is 6.77. The third kappa shape index (κ3) is 7.52. The van der Waals surface area contributed by atoms with E-state index in [1.54, 1.807) is 37.3 Å². The van der Waals surface area contributed by atoms with Gasteiger partial charge in [-0.1, -0.05) is 71.9 Å². The minimum Gasteiger partial charge on any atom is -0.352 e. The first-order valence-electron chi connectivity index (χ1n) is 13.0. The fraction of sp³-hybridized carbons (Fsp3) is 0.310. The van der Waals surface area contributed by atoms with Crippen LogP contribution in [0.3, 0.4) is 0 Å². The van der Waals surface area contributed by atoms with E-state index in [1.807, 2.05) is 0 Å². The summed E-state index contributed by atoms with van der Waals surface area (Å²) in [6.45, 7) is 0.805. The highest BCUT2D eigenvalue weighted by molar-refractivity contribution is 7.92. The van der Waals surface area contributed by atoms with Crippen LogP contribution in [0, 0.1) is 5.82 Å². The van der Waals surface area contributed by atoms with E-state index < -0.39 is 34.3 Å². The van der Waals surface area contributed by atoms with Gasteiger partial charge in [0.2, 0.25) is 11.8 Å². The van der Waals surface area contributed by atoms with Gasteiger partial charge in [0, 0.05) is 22.6 Å². The van der Waals surface area contributed by atoms with Gasteiger partial charge in [-0.25, -0.2) is 12.8 Å². The van der Waals surface area contributed by atoms with E-state index in [4.69, 9.17) is 34.8 Å². The van der Waals surface area contributed by atoms with Crippen LogP contribution in [-0.2, 0) is 26.2 Å². The Hall–Kier alpha value is -2.85. The zero-order chi connectivity index (χ0) is 29.7. The van der Waals surface area contributed by atoms with E-state index in [-0.39, 0.29) is 39.1 Å². The summed E-state index contributed by atoms with van der Waals surface area (Å²) in [4.78, 5) is 28.5. The lowest BCUT2D eigenvalue weighted by Crippen LogP contribution is -2.52. The molecule has 41 heavy (non-hydrogen) atoms. The lowest BCUT2D eigenvalue weighted by atomic mass is 10.1. The maximum Gasteiger partial charge on any atom is 0.264 e. The molecule has 0 heterocycles. The molecule has 12 heteroatoms. The van der Waals surface area contributed by atoms with Crippen molar-refractivity contribution in [3.8, 4) is 0 Å². The molecule has 1 saturated carbocycles. The van der Waals surface area contributed by atoms with Gasteiger partial charge in [-0.3, -0.25) is 13.9 Å². The third-order valence-electron chi connectivity index (χ3n) is 7.03. The summed E-state index contributed by atoms with van der Waals surface area (Å²) in [6.07, 6.45) is 3.72. The molecule has 3 aromatic carbocycles. The van der Waals surface area contributed by atoms with Crippen LogP contribution in [0.5, 0.6) is 0 Å². The van der Waals surface area contributed by atoms with Crippen LogP contribution in [-0.4, -0.2) is 43.8 Å². The average Bonchev–Trinajstić information content (AvgIpc) is 3.46. The van der Waals surface area contributed by atoms with Gasteiger partial charge in [0.25, 0.3) is 10.0 Å². The number of sulfonamides is 1. The molecule has 7 nitrogen and oxygen atoms in total. The molecule has 1 atom stereocenters. The van der Waals surface area contributed by atoms with Gasteiger partial charge in [0.1, 0.15) is 18.4 Å². The molecule has 1 aliphatic carbocycles. The minimum atomic E-state index is -4.30. The monoisotopic (exact) mass is 639 g/mol. The lowest BCUT2D eigenvalue weighted by molar-refractivity contribution is -0.139. The number of nitrogens with one attached hydrogen (secondary N) is 1. The second-order valence-corrected chi connectivity index (χ2v) is 13.0. The molecule has 0 bridgehead atoms. The summed E-state index contributed by atoms with van der Waals surface area (Å²) in [6, 6.07) is 14.8. The predicted molar refractivity (Wildman–Crippen MR) is 159 cm³/mol. The molecule has 0 unspecified atom stereocenters. The topological polar surface area (TPSA) is 86.8 Å². The molecule has 218 valence electrons. The normalized spacial score (nSPS) is 14.5. The number of anilines is 1. The largest absolute Gasteiger partial charge is 0.352 e. The maximum atomic E-state index is 14.0. The van der Waals surface area contributed by atoms with Crippen LogP contribution in [0.15, 0.2) is 71.6 Å². The van der Waals surface area contributed by atoms with Crippen molar-refractivity contribution in [1.29, 1.82) is 0 Å². The van der Waals surface area contributed by atoms with Gasteiger partial charge < -0.3 is 10.2 Å². The summed E-state index contributed by atoms with van der Waals surface area (Å²) in [5.41, 5.74) is 0.508. The number of hydrogen-bond acceptors (Lipinski definition) is 4. The van der Waals surface area contributed by atoms with Crippen molar-refractivity contribution >= 4 is 62.3 Å². The summed E-state index contributed by atoms with van der Waals surface area (Å²) in [7, 11) is -4.30. The van der Waals surface area contributed by atoms with Crippen LogP contribution in [0.1, 0.15) is 38.2 Å². The van der Waals surface area contributed by atoms with Crippen LogP contribution in [0.25, 0.3) is 0 Å². The molecule has 1 N–H and O–H groups in total. The van der Waals surface area contributed by atoms with Crippen LogP contribution < -0.4 is 9.62 Å². The van der Waals surface area contributed by atoms with E-state index >= 15 is 0 Å². The third-order valence-corrected chi connectivity index (χ3v) is 9.69. The molecule has 1 fully saturated rings. The highest BCUT2D eigenvalue weighted by Crippen LogP contribution is 2.29. The number of benzene rings is 3. The van der Waals surface area contributed by atoms with Gasteiger partial charge >= 0.3 is 0 Å². The summed E-state index contributed by atoms with van der Waals surface area (Å²) in [5.74, 6) is -1.78. The summed E-state index contributed by atoms with van der Waals surface area (Å²) >= 11 is 18.5. The Kier molecular flexibility index (Phi) is 10.2. The van der Waals surface area contributed by atoms with Crippen molar-refractivity contribution in [1.82, 2.24) is 10.2 Å². The van der Waals surface area contributed by atoms with E-state index in [0.29, 0.717) is 10.6 Å². The smallest absolute Gasteiger partial charge is 0.264 e. The van der Waals surface area contributed by atoms with Gasteiger partial charge in [-0.2, -0.15) is 0 Å². The molecule has 0 saturated heterocycles. The number of hydrogen-bond donors (Lipinski definition) is 1. The molecular weight excluding hydrogens is 612 g/mol. The zero-order valence-corrected chi connectivity index (χ0v) is 25.3. The zero-order valence-electron chi connectivity index (χ0n) is 22.2. The first kappa shape index (κ1) is 31.1. The van der Waals surface area contributed by atoms with Crippen molar-refractivity contribution in [2.45, 2.75) is 56.1 Å². The Morgan fingerprint density at radius 2 is 1.66 bits per heavy atom. The highest BCUT2D eigenvalue weighted by Gasteiger charge is 2.33. The molecule has 0 aliphatic heterocycles. The molecule has 4 rings (SSSR count). The predicted octanol–water partition coefficient (Wildman–Crippen LogP) is 6.46. The van der Waals surface area contributed by atoms with Crippen molar-refractivity contribution in [3.63, 3.8) is 0 Å². The van der Waals surface area contributed by atoms with Crippen molar-refractivity contribution in [2.24, 2.45) is 0 Å². The maximum absolute atomic E-state index is 14.0. The SMILES string of the molecule is C[C@@H](C(=O)NC1CCCC1)N(Cc1ccc(Cl)cc1Cl)C(=O)CN(c1ccc(F)c(Cl)c1)S(=O)(=O)c1ccccc1. The van der Waals surface area contributed by atoms with Crippen molar-refractivity contribution in [3.05, 3.63) is 93.2 Å². The molecule has 0 spiro atoms. The molecule has 3 aromatic rings. The van der Waals surface area contributed by atoms with E-state index in [9.17, 15) is 22.4 Å². The number of halogens is 4. The number of nitrogens with zero attached hydrogens (tertiary/aromatic N) is 2. The Morgan fingerprint density at radius 3 is 2.29 bits per heavy atom. The van der Waals surface area contributed by atoms with Crippen LogP contribution in [0.2, 0.25) is 15.1 Å². The van der Waals surface area contributed by atoms with Crippen LogP contribution in [0.4, 0.5) is 10.1 Å². The second kappa shape index (κ2) is 13.4. The standard InChI is InChI=1S/C29H29Cl3FN3O4S/c1-19(29(38)34-22-7-5-6-8-22)35(17-20-11-12-21(30)15-25(20)31)28(37)18-36(23-13-14-27(33)26(32)16-23)41(39,40)24-9-3-2-4-10-24/h2-4,9-16,19,22H,5-8,17-18H2,1H3,(H,34,38)/t19-/m0/s1. The quantitative estimate of drug-likeness (QED) is 0.276. The lowest BCUT2D eigenvalue weighted by Gasteiger charge is -2.32. The van der Waals surface area contributed by atoms with Gasteiger partial charge in [-0.15, -0.1) is 0 Å². The molecule has 2 amide bonds. The van der Waals surface area contributed by atoms with Gasteiger partial charge in [-0.05, 0) is 67.8 Å².